The maximum absolute atomic E-state index is 13.3. The molecule has 1 saturated carbocycles. The second-order valence-corrected chi connectivity index (χ2v) is 10.2. The maximum atomic E-state index is 13.3. The van der Waals surface area contributed by atoms with Gasteiger partial charge in [-0.3, -0.25) is 4.98 Å². The van der Waals surface area contributed by atoms with Crippen LogP contribution in [0.3, 0.4) is 0 Å². The average Bonchev–Trinajstić information content (AvgIpc) is 3.54. The molecule has 162 valence electrons. The summed E-state index contributed by atoms with van der Waals surface area (Å²) in [6.45, 7) is 0.475. The molecule has 5 rings (SSSR count). The normalized spacial score (nSPS) is 22.9. The maximum Gasteiger partial charge on any atom is 0.243 e. The predicted octanol–water partition coefficient (Wildman–Crippen LogP) is 3.83. The van der Waals surface area contributed by atoms with E-state index >= 15 is 0 Å². The Morgan fingerprint density at radius 3 is 2.48 bits per heavy atom. The first-order valence-corrected chi connectivity index (χ1v) is 12.0. The highest BCUT2D eigenvalue weighted by Gasteiger charge is 2.43. The van der Waals surface area contributed by atoms with Gasteiger partial charge in [0.25, 0.3) is 0 Å². The molecule has 1 aliphatic carbocycles. The number of hydrogen-bond acceptors (Lipinski definition) is 6. The van der Waals surface area contributed by atoms with E-state index in [0.717, 1.165) is 36.4 Å². The standard InChI is InChI=1S/C22H23FN4O3S/c23-17-7-9-18(10-8-17)31(28,29)27-13-19(16-6-3-11-24-12-16)20(14-27)22-25-21(26-30-22)15-4-1-2-5-15/h3,6-12,15,19-20H,1-2,4-5,13-14H2/t19-,20+/m0/s1. The van der Waals surface area contributed by atoms with Gasteiger partial charge in [0.05, 0.1) is 10.8 Å². The zero-order valence-electron chi connectivity index (χ0n) is 16.9. The molecule has 31 heavy (non-hydrogen) atoms. The van der Waals surface area contributed by atoms with Crippen molar-refractivity contribution in [2.24, 2.45) is 0 Å². The van der Waals surface area contributed by atoms with Crippen molar-refractivity contribution in [2.45, 2.75) is 48.3 Å². The molecule has 7 nitrogen and oxygen atoms in total. The average molecular weight is 443 g/mol. The van der Waals surface area contributed by atoms with E-state index in [9.17, 15) is 12.8 Å². The van der Waals surface area contributed by atoms with Crippen LogP contribution in [-0.4, -0.2) is 40.9 Å². The Bertz CT molecular complexity index is 1150. The molecule has 0 unspecified atom stereocenters. The van der Waals surface area contributed by atoms with Gasteiger partial charge in [0, 0.05) is 37.3 Å². The molecular formula is C22H23FN4O3S. The first kappa shape index (κ1) is 20.3. The molecule has 3 aromatic rings. The fraction of sp³-hybridized carbons (Fsp3) is 0.409. The molecule has 1 saturated heterocycles. The molecule has 1 aromatic carbocycles. The van der Waals surface area contributed by atoms with Gasteiger partial charge in [0.1, 0.15) is 5.82 Å². The molecule has 0 radical (unpaired) electrons. The molecule has 0 amide bonds. The second kappa shape index (κ2) is 8.12. The Labute approximate surface area is 180 Å². The van der Waals surface area contributed by atoms with Crippen LogP contribution in [0.1, 0.15) is 60.7 Å². The van der Waals surface area contributed by atoms with Crippen molar-refractivity contribution >= 4 is 10.0 Å². The van der Waals surface area contributed by atoms with Crippen molar-refractivity contribution in [1.82, 2.24) is 19.4 Å². The van der Waals surface area contributed by atoms with E-state index in [1.54, 1.807) is 12.4 Å². The van der Waals surface area contributed by atoms with Crippen molar-refractivity contribution in [1.29, 1.82) is 0 Å². The number of rotatable bonds is 5. The van der Waals surface area contributed by atoms with Crippen LogP contribution in [0.15, 0.2) is 58.2 Å². The second-order valence-electron chi connectivity index (χ2n) is 8.25. The molecule has 0 bridgehead atoms. The van der Waals surface area contributed by atoms with Crippen LogP contribution >= 0.6 is 0 Å². The van der Waals surface area contributed by atoms with Gasteiger partial charge >= 0.3 is 0 Å². The fourth-order valence-electron chi connectivity index (χ4n) is 4.65. The summed E-state index contributed by atoms with van der Waals surface area (Å²) in [5, 5.41) is 4.21. The molecule has 2 atom stereocenters. The highest BCUT2D eigenvalue weighted by atomic mass is 32.2. The third-order valence-electron chi connectivity index (χ3n) is 6.35. The topological polar surface area (TPSA) is 89.2 Å². The molecule has 9 heteroatoms. The summed E-state index contributed by atoms with van der Waals surface area (Å²) in [5.74, 6) is 0.583. The first-order valence-electron chi connectivity index (χ1n) is 10.5. The van der Waals surface area contributed by atoms with E-state index in [1.807, 2.05) is 12.1 Å². The van der Waals surface area contributed by atoms with Crippen molar-refractivity contribution in [2.75, 3.05) is 13.1 Å². The van der Waals surface area contributed by atoms with Crippen LogP contribution in [0.2, 0.25) is 0 Å². The molecule has 2 aromatic heterocycles. The Kier molecular flexibility index (Phi) is 5.31. The van der Waals surface area contributed by atoms with Gasteiger partial charge in [0.2, 0.25) is 15.9 Å². The first-order chi connectivity index (χ1) is 15.0. The van der Waals surface area contributed by atoms with Crippen LogP contribution in [0.4, 0.5) is 4.39 Å². The summed E-state index contributed by atoms with van der Waals surface area (Å²) < 4.78 is 46.8. The van der Waals surface area contributed by atoms with Crippen molar-refractivity contribution in [3.05, 3.63) is 71.9 Å². The number of hydrogen-bond donors (Lipinski definition) is 0. The molecule has 3 heterocycles. The zero-order valence-corrected chi connectivity index (χ0v) is 17.7. The lowest BCUT2D eigenvalue weighted by Crippen LogP contribution is -2.29. The number of benzene rings is 1. The quantitative estimate of drug-likeness (QED) is 0.597. The van der Waals surface area contributed by atoms with E-state index in [4.69, 9.17) is 4.52 Å². The van der Waals surface area contributed by atoms with Gasteiger partial charge in [-0.25, -0.2) is 12.8 Å². The third-order valence-corrected chi connectivity index (χ3v) is 8.19. The smallest absolute Gasteiger partial charge is 0.243 e. The molecule has 0 spiro atoms. The molecule has 2 aliphatic rings. The van der Waals surface area contributed by atoms with Crippen LogP contribution < -0.4 is 0 Å². The zero-order chi connectivity index (χ0) is 21.4. The van der Waals surface area contributed by atoms with Gasteiger partial charge < -0.3 is 4.52 Å². The molecular weight excluding hydrogens is 419 g/mol. The number of halogens is 1. The highest BCUT2D eigenvalue weighted by Crippen LogP contribution is 2.42. The van der Waals surface area contributed by atoms with Crippen molar-refractivity contribution in [3.8, 4) is 0 Å². The Morgan fingerprint density at radius 1 is 1.03 bits per heavy atom. The fourth-order valence-corrected chi connectivity index (χ4v) is 6.14. The summed E-state index contributed by atoms with van der Waals surface area (Å²) in [6, 6.07) is 8.67. The van der Waals surface area contributed by atoms with Crippen molar-refractivity contribution < 1.29 is 17.3 Å². The minimum atomic E-state index is -3.79. The Hall–Kier alpha value is -2.65. The monoisotopic (exact) mass is 442 g/mol. The number of sulfonamides is 1. The Balaban J connectivity index is 1.48. The third kappa shape index (κ3) is 3.87. The van der Waals surface area contributed by atoms with Gasteiger partial charge in [-0.05, 0) is 48.7 Å². The van der Waals surface area contributed by atoms with E-state index in [-0.39, 0.29) is 29.8 Å². The molecule has 1 aliphatic heterocycles. The van der Waals surface area contributed by atoms with E-state index in [1.165, 1.54) is 29.3 Å². The van der Waals surface area contributed by atoms with Gasteiger partial charge in [0.15, 0.2) is 5.82 Å². The highest BCUT2D eigenvalue weighted by molar-refractivity contribution is 7.89. The van der Waals surface area contributed by atoms with E-state index in [2.05, 4.69) is 15.1 Å². The van der Waals surface area contributed by atoms with E-state index < -0.39 is 15.8 Å². The van der Waals surface area contributed by atoms with Gasteiger partial charge in [-0.1, -0.05) is 24.1 Å². The van der Waals surface area contributed by atoms with Crippen LogP contribution in [0.5, 0.6) is 0 Å². The summed E-state index contributed by atoms with van der Waals surface area (Å²) in [6.07, 6.45) is 7.88. The Morgan fingerprint density at radius 2 is 1.77 bits per heavy atom. The predicted molar refractivity (Wildman–Crippen MR) is 110 cm³/mol. The van der Waals surface area contributed by atoms with Crippen LogP contribution in [0, 0.1) is 5.82 Å². The lowest BCUT2D eigenvalue weighted by molar-refractivity contribution is 0.342. The summed E-state index contributed by atoms with van der Waals surface area (Å²) in [4.78, 5) is 8.95. The lowest BCUT2D eigenvalue weighted by atomic mass is 9.90. The van der Waals surface area contributed by atoms with Crippen LogP contribution in [0.25, 0.3) is 0 Å². The summed E-state index contributed by atoms with van der Waals surface area (Å²) in [5.41, 5.74) is 0.921. The number of nitrogens with zero attached hydrogens (tertiary/aromatic N) is 4. The summed E-state index contributed by atoms with van der Waals surface area (Å²) in [7, 11) is -3.79. The van der Waals surface area contributed by atoms with Crippen LogP contribution in [-0.2, 0) is 10.0 Å². The van der Waals surface area contributed by atoms with E-state index in [0.29, 0.717) is 11.8 Å². The minimum absolute atomic E-state index is 0.0664. The number of pyridine rings is 1. The van der Waals surface area contributed by atoms with Crippen molar-refractivity contribution in [3.63, 3.8) is 0 Å². The summed E-state index contributed by atoms with van der Waals surface area (Å²) >= 11 is 0. The van der Waals surface area contributed by atoms with Gasteiger partial charge in [-0.2, -0.15) is 9.29 Å². The molecule has 0 N–H and O–H groups in total. The SMILES string of the molecule is O=S(=O)(c1ccc(F)cc1)N1C[C@@H](c2cccnc2)[C@H](c2nc(C3CCCC3)no2)C1. The number of aromatic nitrogens is 3. The largest absolute Gasteiger partial charge is 0.339 e. The minimum Gasteiger partial charge on any atom is -0.339 e. The lowest BCUT2D eigenvalue weighted by Gasteiger charge is -2.16. The molecule has 2 fully saturated rings. The van der Waals surface area contributed by atoms with Gasteiger partial charge in [-0.15, -0.1) is 0 Å².